The monoisotopic (exact) mass is 408 g/mol. The topological polar surface area (TPSA) is 118 Å². The Kier molecular flexibility index (Phi) is 5.51. The van der Waals surface area contributed by atoms with E-state index in [4.69, 9.17) is 9.15 Å². The molecule has 2 aliphatic rings. The number of sulfonamides is 1. The summed E-state index contributed by atoms with van der Waals surface area (Å²) in [5, 5.41) is 9.36. The van der Waals surface area contributed by atoms with E-state index in [1.165, 1.54) is 10.4 Å². The van der Waals surface area contributed by atoms with Gasteiger partial charge >= 0.3 is 0 Å². The molecular formula is C18H24N4O5S. The van der Waals surface area contributed by atoms with Gasteiger partial charge in [-0.05, 0) is 43.9 Å². The van der Waals surface area contributed by atoms with E-state index in [0.717, 1.165) is 19.4 Å². The molecule has 10 heteroatoms. The van der Waals surface area contributed by atoms with Crippen molar-refractivity contribution in [1.82, 2.24) is 19.8 Å². The molecule has 2 aromatic rings. The third-order valence-corrected chi connectivity index (χ3v) is 6.96. The molecule has 0 aromatic carbocycles. The summed E-state index contributed by atoms with van der Waals surface area (Å²) in [6, 6.07) is 4.73. The van der Waals surface area contributed by atoms with E-state index in [9.17, 15) is 13.2 Å². The third-order valence-electron chi connectivity index (χ3n) is 5.22. The maximum absolute atomic E-state index is 13.0. The molecule has 2 fully saturated rings. The van der Waals surface area contributed by atoms with Crippen LogP contribution in [0.25, 0.3) is 11.5 Å². The first-order chi connectivity index (χ1) is 13.5. The van der Waals surface area contributed by atoms with Crippen LogP contribution in [0.2, 0.25) is 0 Å². The zero-order valence-corrected chi connectivity index (χ0v) is 16.3. The predicted octanol–water partition coefficient (Wildman–Crippen LogP) is 1.37. The van der Waals surface area contributed by atoms with Crippen LogP contribution in [0.4, 0.5) is 0 Å². The minimum Gasteiger partial charge on any atom is -0.442 e. The molecule has 9 nitrogen and oxygen atoms in total. The maximum atomic E-state index is 13.0. The number of nitrogens with zero attached hydrogens (tertiary/aromatic N) is 2. The molecule has 28 heavy (non-hydrogen) atoms. The van der Waals surface area contributed by atoms with Crippen LogP contribution in [0.15, 0.2) is 33.9 Å². The summed E-state index contributed by atoms with van der Waals surface area (Å²) < 4.78 is 38.3. The van der Waals surface area contributed by atoms with Gasteiger partial charge in [0.1, 0.15) is 5.69 Å². The minimum absolute atomic E-state index is 0.0661. The average Bonchev–Trinajstić information content (AvgIpc) is 3.48. The minimum atomic E-state index is -3.80. The molecule has 2 N–H and O–H groups in total. The second-order valence-electron chi connectivity index (χ2n) is 7.17. The standard InChI is InChI=1S/C18H24N4O5S/c23-18(19-11-14-4-2-10-26-14)13-3-1-9-22(12-13)28(24,25)17-6-5-16(27-17)15-7-8-20-21-15/h5-8,13-14H,1-4,9-12H2,(H,19,23)(H,20,21)/t13-,14+/m1/s1. The van der Waals surface area contributed by atoms with Crippen molar-refractivity contribution in [2.24, 2.45) is 5.92 Å². The summed E-state index contributed by atoms with van der Waals surface area (Å²) >= 11 is 0. The number of ether oxygens (including phenoxy) is 1. The van der Waals surface area contributed by atoms with Gasteiger partial charge in [-0.2, -0.15) is 9.40 Å². The first-order valence-corrected chi connectivity index (χ1v) is 11.0. The van der Waals surface area contributed by atoms with Crippen molar-refractivity contribution in [1.29, 1.82) is 0 Å². The number of nitrogens with one attached hydrogen (secondary N) is 2. The van der Waals surface area contributed by atoms with Gasteiger partial charge < -0.3 is 14.5 Å². The molecule has 2 aromatic heterocycles. The smallest absolute Gasteiger partial charge is 0.276 e. The van der Waals surface area contributed by atoms with Crippen molar-refractivity contribution < 1.29 is 22.4 Å². The largest absolute Gasteiger partial charge is 0.442 e. The molecular weight excluding hydrogens is 384 g/mol. The van der Waals surface area contributed by atoms with E-state index in [-0.39, 0.29) is 29.6 Å². The lowest BCUT2D eigenvalue weighted by Crippen LogP contribution is -2.46. The van der Waals surface area contributed by atoms with Gasteiger partial charge in [0.2, 0.25) is 11.0 Å². The van der Waals surface area contributed by atoms with E-state index < -0.39 is 10.0 Å². The van der Waals surface area contributed by atoms with Gasteiger partial charge in [-0.3, -0.25) is 9.89 Å². The molecule has 0 unspecified atom stereocenters. The van der Waals surface area contributed by atoms with Gasteiger partial charge in [0.25, 0.3) is 10.0 Å². The van der Waals surface area contributed by atoms with Crippen LogP contribution in [0.5, 0.6) is 0 Å². The number of carbonyl (C=O) groups excluding carboxylic acids is 1. The van der Waals surface area contributed by atoms with Crippen LogP contribution in [-0.2, 0) is 19.6 Å². The first kappa shape index (κ1) is 19.2. The number of furan rings is 1. The van der Waals surface area contributed by atoms with Gasteiger partial charge in [-0.1, -0.05) is 0 Å². The fourth-order valence-corrected chi connectivity index (χ4v) is 5.10. The summed E-state index contributed by atoms with van der Waals surface area (Å²) in [4.78, 5) is 12.5. The molecule has 1 amide bonds. The number of hydrogen-bond acceptors (Lipinski definition) is 6. The quantitative estimate of drug-likeness (QED) is 0.745. The summed E-state index contributed by atoms with van der Waals surface area (Å²) in [6.45, 7) is 1.74. The number of rotatable bonds is 6. The molecule has 0 aliphatic carbocycles. The van der Waals surface area contributed by atoms with Crippen LogP contribution < -0.4 is 5.32 Å². The average molecular weight is 408 g/mol. The van der Waals surface area contributed by atoms with Crippen molar-refractivity contribution in [3.63, 3.8) is 0 Å². The maximum Gasteiger partial charge on any atom is 0.276 e. The number of carbonyl (C=O) groups is 1. The highest BCUT2D eigenvalue weighted by molar-refractivity contribution is 7.89. The molecule has 0 spiro atoms. The second-order valence-corrected chi connectivity index (χ2v) is 9.04. The van der Waals surface area contributed by atoms with E-state index in [1.54, 1.807) is 18.3 Å². The van der Waals surface area contributed by atoms with Crippen LogP contribution in [0, 0.1) is 5.92 Å². The van der Waals surface area contributed by atoms with Gasteiger partial charge in [0.05, 0.1) is 12.0 Å². The number of aromatic amines is 1. The Hall–Kier alpha value is -2.17. The molecule has 2 atom stereocenters. The fourth-order valence-electron chi connectivity index (χ4n) is 3.66. The molecule has 152 valence electrons. The molecule has 0 radical (unpaired) electrons. The number of H-pyrrole nitrogens is 1. The lowest BCUT2D eigenvalue weighted by Gasteiger charge is -2.30. The number of piperidine rings is 1. The van der Waals surface area contributed by atoms with Crippen molar-refractivity contribution >= 4 is 15.9 Å². The predicted molar refractivity (Wildman–Crippen MR) is 99.8 cm³/mol. The number of hydrogen-bond donors (Lipinski definition) is 2. The Morgan fingerprint density at radius 1 is 1.29 bits per heavy atom. The van der Waals surface area contributed by atoms with Gasteiger partial charge in [-0.25, -0.2) is 8.42 Å². The van der Waals surface area contributed by atoms with Crippen molar-refractivity contribution in [3.05, 3.63) is 24.4 Å². The highest BCUT2D eigenvalue weighted by atomic mass is 32.2. The highest BCUT2D eigenvalue weighted by Crippen LogP contribution is 2.28. The zero-order valence-electron chi connectivity index (χ0n) is 15.5. The normalized spacial score (nSPS) is 23.7. The fraction of sp³-hybridized carbons (Fsp3) is 0.556. The second kappa shape index (κ2) is 8.06. The third kappa shape index (κ3) is 3.98. The van der Waals surface area contributed by atoms with E-state index in [2.05, 4.69) is 15.5 Å². The molecule has 0 bridgehead atoms. The van der Waals surface area contributed by atoms with E-state index in [1.807, 2.05) is 0 Å². The van der Waals surface area contributed by atoms with Gasteiger partial charge in [0.15, 0.2) is 5.76 Å². The lowest BCUT2D eigenvalue weighted by atomic mass is 9.99. The Morgan fingerprint density at radius 2 is 2.18 bits per heavy atom. The summed E-state index contributed by atoms with van der Waals surface area (Å²) in [7, 11) is -3.80. The zero-order chi connectivity index (χ0) is 19.6. The van der Waals surface area contributed by atoms with Gasteiger partial charge in [0, 0.05) is 32.4 Å². The Balaban J connectivity index is 1.41. The highest BCUT2D eigenvalue weighted by Gasteiger charge is 2.35. The van der Waals surface area contributed by atoms with Gasteiger partial charge in [-0.15, -0.1) is 0 Å². The molecule has 0 saturated carbocycles. The number of aromatic nitrogens is 2. The lowest BCUT2D eigenvalue weighted by molar-refractivity contribution is -0.126. The Labute approximate surface area is 163 Å². The van der Waals surface area contributed by atoms with Crippen LogP contribution in [0.1, 0.15) is 25.7 Å². The first-order valence-electron chi connectivity index (χ1n) is 9.53. The Morgan fingerprint density at radius 3 is 2.93 bits per heavy atom. The molecule has 2 aliphatic heterocycles. The van der Waals surface area contributed by atoms with Crippen LogP contribution >= 0.6 is 0 Å². The Bertz CT molecular complexity index is 902. The van der Waals surface area contributed by atoms with Crippen molar-refractivity contribution in [2.75, 3.05) is 26.2 Å². The molecule has 4 rings (SSSR count). The van der Waals surface area contributed by atoms with E-state index >= 15 is 0 Å². The van der Waals surface area contributed by atoms with Crippen LogP contribution in [-0.4, -0.2) is 61.2 Å². The van der Waals surface area contributed by atoms with E-state index in [0.29, 0.717) is 37.4 Å². The molecule has 2 saturated heterocycles. The number of amides is 1. The SMILES string of the molecule is O=C(NC[C@@H]1CCCO1)[C@@H]1CCCN(S(=O)(=O)c2ccc(-c3ccn[nH]3)o2)C1. The molecule has 4 heterocycles. The van der Waals surface area contributed by atoms with Crippen molar-refractivity contribution in [3.8, 4) is 11.5 Å². The summed E-state index contributed by atoms with van der Waals surface area (Å²) in [5.41, 5.74) is 0.603. The summed E-state index contributed by atoms with van der Waals surface area (Å²) in [5.74, 6) is -0.0843. The van der Waals surface area contributed by atoms with Crippen molar-refractivity contribution in [2.45, 2.75) is 36.9 Å². The van der Waals surface area contributed by atoms with Crippen LogP contribution in [0.3, 0.4) is 0 Å². The summed E-state index contributed by atoms with van der Waals surface area (Å²) in [6.07, 6.45) is 4.89.